The molecule has 0 aromatic heterocycles. The second kappa shape index (κ2) is 11.6. The van der Waals surface area contributed by atoms with Gasteiger partial charge in [-0.1, -0.05) is 44.4 Å². The van der Waals surface area contributed by atoms with Crippen LogP contribution in [-0.4, -0.2) is 6.43 Å². The van der Waals surface area contributed by atoms with Gasteiger partial charge in [0.25, 0.3) is 6.43 Å². The van der Waals surface area contributed by atoms with E-state index in [9.17, 15) is 17.6 Å². The normalized spacial score (nSPS) is 26.6. The third-order valence-corrected chi connectivity index (χ3v) is 6.86. The van der Waals surface area contributed by atoms with Crippen molar-refractivity contribution in [3.05, 3.63) is 41.7 Å². The number of allylic oxidation sites excluding steroid dienone is 1. The molecule has 0 unspecified atom stereocenters. The molecule has 3 rings (SSSR count). The third-order valence-electron chi connectivity index (χ3n) is 6.86. The largest absolute Gasteiger partial charge is 0.459 e. The Morgan fingerprint density at radius 3 is 2.10 bits per heavy atom. The minimum absolute atomic E-state index is 0.233. The highest BCUT2D eigenvalue weighted by Crippen LogP contribution is 2.42. The van der Waals surface area contributed by atoms with Gasteiger partial charge in [0.2, 0.25) is 0 Å². The van der Waals surface area contributed by atoms with Crippen LogP contribution in [-0.2, 0) is 0 Å². The van der Waals surface area contributed by atoms with Crippen LogP contribution >= 0.6 is 0 Å². The van der Waals surface area contributed by atoms with E-state index in [2.05, 4.69) is 23.5 Å². The Morgan fingerprint density at radius 1 is 0.968 bits per heavy atom. The lowest BCUT2D eigenvalue weighted by molar-refractivity contribution is 0.154. The van der Waals surface area contributed by atoms with Crippen LogP contribution in [0.5, 0.6) is 5.75 Å². The SMILES string of the molecule is CCCC1CCC(C2CCC(C#Cc3cc(F)c(O/C=C/C(F)F)c(F)c3)CC2)CC1. The first-order valence-electron chi connectivity index (χ1n) is 11.6. The molecule has 0 N–H and O–H groups in total. The standard InChI is InChI=1S/C26H32F4O/c1-2-3-18-6-10-21(11-7-18)22-12-8-19(9-13-22)4-5-20-16-23(27)26(24(28)17-20)31-15-14-25(29)30/h14-19,21-22,25H,2-3,6-13H2,1H3/b15-14+. The number of halogens is 4. The van der Waals surface area contributed by atoms with Gasteiger partial charge in [0.15, 0.2) is 17.4 Å². The van der Waals surface area contributed by atoms with Gasteiger partial charge in [-0.25, -0.2) is 17.6 Å². The monoisotopic (exact) mass is 436 g/mol. The lowest BCUT2D eigenvalue weighted by Crippen LogP contribution is -2.25. The lowest BCUT2D eigenvalue weighted by atomic mass is 9.69. The summed E-state index contributed by atoms with van der Waals surface area (Å²) in [5.74, 6) is 6.31. The predicted octanol–water partition coefficient (Wildman–Crippen LogP) is 7.89. The molecular formula is C26H32F4O. The molecule has 2 fully saturated rings. The van der Waals surface area contributed by atoms with Gasteiger partial charge in [-0.3, -0.25) is 0 Å². The van der Waals surface area contributed by atoms with Gasteiger partial charge in [-0.2, -0.15) is 0 Å². The molecule has 0 radical (unpaired) electrons. The van der Waals surface area contributed by atoms with Crippen molar-refractivity contribution in [2.75, 3.05) is 0 Å². The van der Waals surface area contributed by atoms with Crippen LogP contribution in [0.1, 0.15) is 76.7 Å². The van der Waals surface area contributed by atoms with Gasteiger partial charge in [-0.05, 0) is 68.4 Å². The average Bonchev–Trinajstić information content (AvgIpc) is 2.75. The van der Waals surface area contributed by atoms with Crippen molar-refractivity contribution in [1.29, 1.82) is 0 Å². The summed E-state index contributed by atoms with van der Waals surface area (Å²) in [7, 11) is 0. The number of rotatable bonds is 6. The molecule has 0 atom stereocenters. The van der Waals surface area contributed by atoms with Crippen molar-refractivity contribution in [2.45, 2.75) is 77.6 Å². The maximum absolute atomic E-state index is 14.1. The molecule has 2 aliphatic carbocycles. The second-order valence-corrected chi connectivity index (χ2v) is 9.00. The summed E-state index contributed by atoms with van der Waals surface area (Å²) in [6.45, 7) is 2.27. The zero-order valence-electron chi connectivity index (χ0n) is 18.2. The molecule has 1 aromatic carbocycles. The van der Waals surface area contributed by atoms with Crippen molar-refractivity contribution in [3.8, 4) is 17.6 Å². The lowest BCUT2D eigenvalue weighted by Gasteiger charge is -2.37. The number of ether oxygens (including phenoxy) is 1. The molecule has 170 valence electrons. The van der Waals surface area contributed by atoms with Crippen molar-refractivity contribution >= 4 is 0 Å². The van der Waals surface area contributed by atoms with Gasteiger partial charge in [0, 0.05) is 17.6 Å². The van der Waals surface area contributed by atoms with E-state index in [0.717, 1.165) is 42.7 Å². The number of alkyl halides is 2. The van der Waals surface area contributed by atoms with Crippen LogP contribution in [0.2, 0.25) is 0 Å². The van der Waals surface area contributed by atoms with E-state index in [-0.39, 0.29) is 11.5 Å². The molecular weight excluding hydrogens is 404 g/mol. The van der Waals surface area contributed by atoms with E-state index in [1.54, 1.807) is 0 Å². The third kappa shape index (κ3) is 7.02. The number of benzene rings is 1. The maximum atomic E-state index is 14.1. The molecule has 0 amide bonds. The van der Waals surface area contributed by atoms with E-state index in [1.165, 1.54) is 51.4 Å². The van der Waals surface area contributed by atoms with Gasteiger partial charge in [0.1, 0.15) is 0 Å². The molecule has 1 nitrogen and oxygen atoms in total. The van der Waals surface area contributed by atoms with Crippen molar-refractivity contribution in [2.24, 2.45) is 23.7 Å². The summed E-state index contributed by atoms with van der Waals surface area (Å²) < 4.78 is 57.0. The minimum Gasteiger partial charge on any atom is -0.459 e. The number of hydrogen-bond donors (Lipinski definition) is 0. The number of hydrogen-bond acceptors (Lipinski definition) is 1. The molecule has 2 saturated carbocycles. The van der Waals surface area contributed by atoms with Gasteiger partial charge >= 0.3 is 0 Å². The summed E-state index contributed by atoms with van der Waals surface area (Å²) in [5, 5.41) is 0. The fraction of sp³-hybridized carbons (Fsp3) is 0.615. The quantitative estimate of drug-likeness (QED) is 0.250. The molecule has 0 heterocycles. The topological polar surface area (TPSA) is 9.23 Å². The van der Waals surface area contributed by atoms with Gasteiger partial charge in [0.05, 0.1) is 6.26 Å². The van der Waals surface area contributed by atoms with Gasteiger partial charge in [-0.15, -0.1) is 0 Å². The highest BCUT2D eigenvalue weighted by atomic mass is 19.3. The Kier molecular flexibility index (Phi) is 8.87. The predicted molar refractivity (Wildman–Crippen MR) is 115 cm³/mol. The van der Waals surface area contributed by atoms with Crippen molar-refractivity contribution in [1.82, 2.24) is 0 Å². The molecule has 0 saturated heterocycles. The van der Waals surface area contributed by atoms with E-state index >= 15 is 0 Å². The fourth-order valence-corrected chi connectivity index (χ4v) is 5.19. The first-order valence-corrected chi connectivity index (χ1v) is 11.6. The van der Waals surface area contributed by atoms with Crippen LogP contribution in [0.15, 0.2) is 24.5 Å². The molecule has 2 aliphatic rings. The summed E-state index contributed by atoms with van der Waals surface area (Å²) >= 11 is 0. The minimum atomic E-state index is -2.75. The maximum Gasteiger partial charge on any atom is 0.260 e. The van der Waals surface area contributed by atoms with E-state index < -0.39 is 23.8 Å². The smallest absolute Gasteiger partial charge is 0.260 e. The van der Waals surface area contributed by atoms with Crippen LogP contribution < -0.4 is 4.74 Å². The molecule has 1 aromatic rings. The molecule has 0 bridgehead atoms. The summed E-state index contributed by atoms with van der Waals surface area (Å²) in [4.78, 5) is 0. The van der Waals surface area contributed by atoms with Gasteiger partial charge < -0.3 is 4.74 Å². The Labute approximate surface area is 183 Å². The summed E-state index contributed by atoms with van der Waals surface area (Å²) in [5.41, 5.74) is 0.233. The Bertz CT molecular complexity index is 768. The Hall–Kier alpha value is -1.96. The summed E-state index contributed by atoms with van der Waals surface area (Å²) in [6.07, 6.45) is 10.9. The molecule has 0 spiro atoms. The van der Waals surface area contributed by atoms with Crippen molar-refractivity contribution < 1.29 is 22.3 Å². The van der Waals surface area contributed by atoms with E-state index in [4.69, 9.17) is 0 Å². The van der Waals surface area contributed by atoms with Crippen LogP contribution in [0.4, 0.5) is 17.6 Å². The van der Waals surface area contributed by atoms with E-state index in [0.29, 0.717) is 12.3 Å². The zero-order chi connectivity index (χ0) is 22.2. The Morgan fingerprint density at radius 2 is 1.55 bits per heavy atom. The molecule has 0 aliphatic heterocycles. The highest BCUT2D eigenvalue weighted by Gasteiger charge is 2.30. The zero-order valence-corrected chi connectivity index (χ0v) is 18.2. The summed E-state index contributed by atoms with van der Waals surface area (Å²) in [6, 6.07) is 2.17. The van der Waals surface area contributed by atoms with Crippen molar-refractivity contribution in [3.63, 3.8) is 0 Å². The fourth-order valence-electron chi connectivity index (χ4n) is 5.19. The molecule has 31 heavy (non-hydrogen) atoms. The van der Waals surface area contributed by atoms with Crippen LogP contribution in [0.3, 0.4) is 0 Å². The average molecular weight is 437 g/mol. The van der Waals surface area contributed by atoms with Crippen LogP contribution in [0.25, 0.3) is 0 Å². The first kappa shape index (κ1) is 23.7. The highest BCUT2D eigenvalue weighted by molar-refractivity contribution is 5.41. The second-order valence-electron chi connectivity index (χ2n) is 9.00. The molecule has 5 heteroatoms. The Balaban J connectivity index is 1.51. The van der Waals surface area contributed by atoms with Crippen LogP contribution in [0, 0.1) is 47.1 Å². The first-order chi connectivity index (χ1) is 15.0. The van der Waals surface area contributed by atoms with E-state index in [1.807, 2.05) is 0 Å².